The molecule has 162 valence electrons. The first-order chi connectivity index (χ1) is 14.3. The molecule has 1 amide bonds. The van der Waals surface area contributed by atoms with Crippen molar-refractivity contribution in [3.8, 4) is 5.75 Å². The zero-order valence-corrected chi connectivity index (χ0v) is 17.3. The maximum Gasteiger partial charge on any atom is 0.420 e. The van der Waals surface area contributed by atoms with Crippen LogP contribution in [0.4, 0.5) is 18.9 Å². The lowest BCUT2D eigenvalue weighted by Crippen LogP contribution is -2.38. The van der Waals surface area contributed by atoms with Gasteiger partial charge in [-0.15, -0.1) is 0 Å². The summed E-state index contributed by atoms with van der Waals surface area (Å²) in [7, 11) is 1.44. The largest absolute Gasteiger partial charge is 0.491 e. The second kappa shape index (κ2) is 9.27. The van der Waals surface area contributed by atoms with Crippen LogP contribution in [0.15, 0.2) is 42.5 Å². The van der Waals surface area contributed by atoms with Crippen molar-refractivity contribution in [3.05, 3.63) is 58.6 Å². The lowest BCUT2D eigenvalue weighted by Gasteiger charge is -2.28. The first kappa shape index (κ1) is 22.4. The molecule has 1 saturated carbocycles. The molecular weight excluding hydrogens is 419 g/mol. The van der Waals surface area contributed by atoms with E-state index in [9.17, 15) is 18.0 Å². The first-order valence-electron chi connectivity index (χ1n) is 9.67. The van der Waals surface area contributed by atoms with Crippen LogP contribution in [0.2, 0.25) is 5.02 Å². The van der Waals surface area contributed by atoms with Gasteiger partial charge in [-0.3, -0.25) is 4.79 Å². The minimum Gasteiger partial charge on any atom is -0.491 e. The van der Waals surface area contributed by atoms with Crippen LogP contribution in [-0.2, 0) is 21.1 Å². The Kier molecular flexibility index (Phi) is 6.93. The Balaban J connectivity index is 1.86. The maximum absolute atomic E-state index is 13.5. The minimum absolute atomic E-state index is 0.00896. The third-order valence-corrected chi connectivity index (χ3v) is 5.63. The fraction of sp³-hybridized carbons (Fsp3) is 0.409. The van der Waals surface area contributed by atoms with Crippen LogP contribution < -0.4 is 10.1 Å². The van der Waals surface area contributed by atoms with E-state index < -0.39 is 17.2 Å². The highest BCUT2D eigenvalue weighted by molar-refractivity contribution is 6.30. The molecule has 0 heterocycles. The molecule has 2 aromatic rings. The van der Waals surface area contributed by atoms with Crippen LogP contribution in [0.1, 0.15) is 36.8 Å². The smallest absolute Gasteiger partial charge is 0.420 e. The third kappa shape index (κ3) is 4.90. The van der Waals surface area contributed by atoms with Gasteiger partial charge in [0, 0.05) is 17.8 Å². The average molecular weight is 442 g/mol. The number of anilines is 1. The lowest BCUT2D eigenvalue weighted by atomic mass is 9.78. The number of nitrogens with one attached hydrogen (secondary N) is 1. The summed E-state index contributed by atoms with van der Waals surface area (Å²) in [6, 6.07) is 10.6. The second-order valence-corrected chi connectivity index (χ2v) is 7.74. The molecule has 0 radical (unpaired) electrons. The molecule has 0 spiro atoms. The minimum atomic E-state index is -4.62. The lowest BCUT2D eigenvalue weighted by molar-refractivity contribution is -0.139. The second-order valence-electron chi connectivity index (χ2n) is 7.30. The van der Waals surface area contributed by atoms with Crippen LogP contribution >= 0.6 is 11.6 Å². The SMILES string of the molecule is COCCOc1ccc(NC(=O)C2(c3ccc(Cl)cc3)CCCC2)cc1C(F)(F)F. The molecule has 1 aliphatic rings. The standard InChI is InChI=1S/C22H23ClF3NO3/c1-29-12-13-30-19-9-8-17(14-18(19)22(24,25)26)27-20(28)21(10-2-3-11-21)15-4-6-16(23)7-5-15/h4-9,14H,2-3,10-13H2,1H3,(H,27,28). The van der Waals surface area contributed by atoms with Crippen LogP contribution in [0, 0.1) is 0 Å². The molecule has 2 aromatic carbocycles. The molecule has 0 aliphatic heterocycles. The van der Waals surface area contributed by atoms with Crippen molar-refractivity contribution < 1.29 is 27.4 Å². The van der Waals surface area contributed by atoms with Crippen molar-refractivity contribution in [2.45, 2.75) is 37.3 Å². The summed E-state index contributed by atoms with van der Waals surface area (Å²) < 4.78 is 50.6. The van der Waals surface area contributed by atoms with E-state index in [-0.39, 0.29) is 30.6 Å². The molecule has 1 aliphatic carbocycles. The van der Waals surface area contributed by atoms with Gasteiger partial charge in [-0.1, -0.05) is 36.6 Å². The molecule has 3 rings (SSSR count). The van der Waals surface area contributed by atoms with Gasteiger partial charge < -0.3 is 14.8 Å². The van der Waals surface area contributed by atoms with Gasteiger partial charge in [0.1, 0.15) is 12.4 Å². The summed E-state index contributed by atoms with van der Waals surface area (Å²) in [5.74, 6) is -0.616. The van der Waals surface area contributed by atoms with E-state index in [1.54, 1.807) is 24.3 Å². The van der Waals surface area contributed by atoms with E-state index in [2.05, 4.69) is 5.32 Å². The summed E-state index contributed by atoms with van der Waals surface area (Å²) in [5.41, 5.74) is -0.830. The van der Waals surface area contributed by atoms with Gasteiger partial charge in [0.25, 0.3) is 0 Å². The highest BCUT2D eigenvalue weighted by atomic mass is 35.5. The van der Waals surface area contributed by atoms with Crippen LogP contribution in [0.25, 0.3) is 0 Å². The topological polar surface area (TPSA) is 47.6 Å². The molecule has 4 nitrogen and oxygen atoms in total. The van der Waals surface area contributed by atoms with Gasteiger partial charge in [-0.05, 0) is 48.7 Å². The summed E-state index contributed by atoms with van der Waals surface area (Å²) >= 11 is 5.97. The summed E-state index contributed by atoms with van der Waals surface area (Å²) in [5, 5.41) is 3.25. The average Bonchev–Trinajstić information content (AvgIpc) is 3.20. The predicted octanol–water partition coefficient (Wildman–Crippen LogP) is 5.83. The van der Waals surface area contributed by atoms with Crippen LogP contribution in [0.5, 0.6) is 5.75 Å². The number of hydrogen-bond acceptors (Lipinski definition) is 3. The van der Waals surface area contributed by atoms with E-state index >= 15 is 0 Å². The van der Waals surface area contributed by atoms with E-state index in [1.165, 1.54) is 19.2 Å². The van der Waals surface area contributed by atoms with E-state index in [0.29, 0.717) is 17.9 Å². The Bertz CT molecular complexity index is 878. The Labute approximate surface area is 178 Å². The zero-order chi connectivity index (χ0) is 21.8. The van der Waals surface area contributed by atoms with Gasteiger partial charge in [0.05, 0.1) is 17.6 Å². The molecule has 30 heavy (non-hydrogen) atoms. The van der Waals surface area contributed by atoms with Crippen molar-refractivity contribution >= 4 is 23.2 Å². The highest BCUT2D eigenvalue weighted by Gasteiger charge is 2.43. The molecule has 0 bridgehead atoms. The van der Waals surface area contributed by atoms with E-state index in [1.807, 2.05) is 0 Å². The van der Waals surface area contributed by atoms with Gasteiger partial charge in [-0.2, -0.15) is 13.2 Å². The molecule has 0 atom stereocenters. The summed E-state index contributed by atoms with van der Waals surface area (Å²) in [4.78, 5) is 13.2. The van der Waals surface area contributed by atoms with Gasteiger partial charge in [0.2, 0.25) is 5.91 Å². The Morgan fingerprint density at radius 3 is 2.37 bits per heavy atom. The number of hydrogen-bond donors (Lipinski definition) is 1. The number of rotatable bonds is 7. The first-order valence-corrected chi connectivity index (χ1v) is 10.0. The summed E-state index contributed by atoms with van der Waals surface area (Å²) in [6.45, 7) is 0.157. The molecule has 1 fully saturated rings. The molecule has 0 unspecified atom stereocenters. The Morgan fingerprint density at radius 2 is 1.77 bits per heavy atom. The highest BCUT2D eigenvalue weighted by Crippen LogP contribution is 2.43. The number of alkyl halides is 3. The number of methoxy groups -OCH3 is 1. The fourth-order valence-corrected chi connectivity index (χ4v) is 3.96. The maximum atomic E-state index is 13.5. The Morgan fingerprint density at radius 1 is 1.10 bits per heavy atom. The fourth-order valence-electron chi connectivity index (χ4n) is 3.84. The number of carbonyl (C=O) groups excluding carboxylic acids is 1. The quantitative estimate of drug-likeness (QED) is 0.549. The zero-order valence-electron chi connectivity index (χ0n) is 16.5. The molecule has 0 saturated heterocycles. The predicted molar refractivity (Wildman–Crippen MR) is 109 cm³/mol. The van der Waals surface area contributed by atoms with Crippen molar-refractivity contribution in [2.75, 3.05) is 25.6 Å². The van der Waals surface area contributed by atoms with Crippen molar-refractivity contribution in [1.82, 2.24) is 0 Å². The van der Waals surface area contributed by atoms with Gasteiger partial charge >= 0.3 is 6.18 Å². The number of benzene rings is 2. The van der Waals surface area contributed by atoms with Gasteiger partial charge in [-0.25, -0.2) is 0 Å². The van der Waals surface area contributed by atoms with Crippen molar-refractivity contribution in [1.29, 1.82) is 0 Å². The summed E-state index contributed by atoms with van der Waals surface area (Å²) in [6.07, 6.45) is -1.62. The van der Waals surface area contributed by atoms with Gasteiger partial charge in [0.15, 0.2) is 0 Å². The molecular formula is C22H23ClF3NO3. The van der Waals surface area contributed by atoms with E-state index in [4.69, 9.17) is 21.1 Å². The third-order valence-electron chi connectivity index (χ3n) is 5.38. The van der Waals surface area contributed by atoms with Crippen LogP contribution in [0.3, 0.4) is 0 Å². The number of ether oxygens (including phenoxy) is 2. The van der Waals surface area contributed by atoms with Crippen molar-refractivity contribution in [2.24, 2.45) is 0 Å². The monoisotopic (exact) mass is 441 g/mol. The number of carbonyl (C=O) groups is 1. The number of amides is 1. The van der Waals surface area contributed by atoms with Crippen molar-refractivity contribution in [3.63, 3.8) is 0 Å². The normalized spacial score (nSPS) is 15.8. The Hall–Kier alpha value is -2.25. The number of halogens is 4. The molecule has 1 N–H and O–H groups in total. The molecule has 8 heteroatoms. The molecule has 0 aromatic heterocycles. The van der Waals surface area contributed by atoms with Crippen LogP contribution in [-0.4, -0.2) is 26.2 Å². The van der Waals surface area contributed by atoms with E-state index in [0.717, 1.165) is 24.5 Å².